The topological polar surface area (TPSA) is 35.5 Å². The monoisotopic (exact) mass is 306 g/mol. The van der Waals surface area contributed by atoms with E-state index in [9.17, 15) is 4.57 Å². The molecule has 21 heavy (non-hydrogen) atoms. The highest BCUT2D eigenvalue weighted by Gasteiger charge is 2.33. The van der Waals surface area contributed by atoms with Crippen molar-refractivity contribution in [2.75, 3.05) is 0 Å². The van der Waals surface area contributed by atoms with Crippen molar-refractivity contribution in [2.45, 2.75) is 46.8 Å². The van der Waals surface area contributed by atoms with Gasteiger partial charge in [0.25, 0.3) is 0 Å². The van der Waals surface area contributed by atoms with Crippen LogP contribution in [0.3, 0.4) is 0 Å². The number of fused-ring (bicyclic) bond motifs is 1. The molecule has 0 saturated heterocycles. The maximum atomic E-state index is 13.4. The molecule has 0 unspecified atom stereocenters. The zero-order chi connectivity index (χ0) is 15.6. The first-order chi connectivity index (χ1) is 9.83. The van der Waals surface area contributed by atoms with Gasteiger partial charge < -0.3 is 9.05 Å². The molecule has 0 fully saturated rings. The molecule has 0 aliphatic rings. The van der Waals surface area contributed by atoms with Crippen LogP contribution in [0.1, 0.15) is 33.3 Å². The lowest BCUT2D eigenvalue weighted by atomic mass is 10.1. The first kappa shape index (κ1) is 16.2. The molecule has 0 radical (unpaired) electrons. The maximum Gasteiger partial charge on any atom is 0.362 e. The van der Waals surface area contributed by atoms with E-state index in [-0.39, 0.29) is 12.2 Å². The van der Waals surface area contributed by atoms with E-state index in [0.717, 1.165) is 16.3 Å². The minimum absolute atomic E-state index is 0.173. The normalized spacial score (nSPS) is 12.5. The summed E-state index contributed by atoms with van der Waals surface area (Å²) in [5.74, 6) is 0. The van der Waals surface area contributed by atoms with Crippen molar-refractivity contribution in [3.05, 3.63) is 42.0 Å². The second kappa shape index (κ2) is 6.31. The van der Waals surface area contributed by atoms with E-state index in [0.29, 0.717) is 5.30 Å². The van der Waals surface area contributed by atoms with Crippen LogP contribution in [0.4, 0.5) is 0 Å². The minimum Gasteiger partial charge on any atom is -0.302 e. The van der Waals surface area contributed by atoms with Crippen LogP contribution in [0, 0.1) is 6.92 Å². The van der Waals surface area contributed by atoms with E-state index < -0.39 is 7.60 Å². The fourth-order valence-corrected chi connectivity index (χ4v) is 4.79. The Labute approximate surface area is 126 Å². The van der Waals surface area contributed by atoms with Crippen LogP contribution in [-0.2, 0) is 13.6 Å². The van der Waals surface area contributed by atoms with Gasteiger partial charge in [0.15, 0.2) is 0 Å². The van der Waals surface area contributed by atoms with E-state index >= 15 is 0 Å². The Balaban J connectivity index is 2.69. The molecule has 0 aromatic heterocycles. The third kappa shape index (κ3) is 3.55. The highest BCUT2D eigenvalue weighted by Crippen LogP contribution is 2.51. The van der Waals surface area contributed by atoms with Crippen molar-refractivity contribution in [2.24, 2.45) is 0 Å². The van der Waals surface area contributed by atoms with E-state index in [2.05, 4.69) is 0 Å². The van der Waals surface area contributed by atoms with Gasteiger partial charge in [-0.15, -0.1) is 0 Å². The molecule has 2 aromatic rings. The summed E-state index contributed by atoms with van der Waals surface area (Å²) >= 11 is 0. The number of aryl methyl sites for hydroxylation is 1. The summed E-state index contributed by atoms with van der Waals surface area (Å²) in [6, 6.07) is 11.9. The van der Waals surface area contributed by atoms with Gasteiger partial charge in [-0.2, -0.15) is 0 Å². The molecule has 0 N–H and O–H groups in total. The number of benzene rings is 2. The highest BCUT2D eigenvalue weighted by molar-refractivity contribution is 7.63. The van der Waals surface area contributed by atoms with Crippen molar-refractivity contribution in [3.8, 4) is 0 Å². The standard InChI is InChI=1S/C17H23O3P/c1-12(2)19-21(18,20-13(3)4)17-14(5)10-11-15-8-6-7-9-16(15)17/h6-13H,1-5H3. The van der Waals surface area contributed by atoms with Gasteiger partial charge in [0.05, 0.1) is 17.5 Å². The maximum absolute atomic E-state index is 13.4. The Morgan fingerprint density at radius 2 is 1.48 bits per heavy atom. The summed E-state index contributed by atoms with van der Waals surface area (Å²) < 4.78 is 24.9. The van der Waals surface area contributed by atoms with Crippen molar-refractivity contribution < 1.29 is 13.6 Å². The highest BCUT2D eigenvalue weighted by atomic mass is 31.2. The molecule has 4 heteroatoms. The van der Waals surface area contributed by atoms with Gasteiger partial charge in [-0.05, 0) is 51.0 Å². The number of hydrogen-bond donors (Lipinski definition) is 0. The quantitative estimate of drug-likeness (QED) is 0.743. The fourth-order valence-electron chi connectivity index (χ4n) is 2.41. The van der Waals surface area contributed by atoms with Gasteiger partial charge in [-0.1, -0.05) is 36.4 Å². The predicted molar refractivity (Wildman–Crippen MR) is 88.4 cm³/mol. The minimum atomic E-state index is -3.37. The lowest BCUT2D eigenvalue weighted by molar-refractivity contribution is 0.150. The molecular weight excluding hydrogens is 283 g/mol. The van der Waals surface area contributed by atoms with Gasteiger partial charge in [0, 0.05) is 0 Å². The first-order valence-corrected chi connectivity index (χ1v) is 8.83. The van der Waals surface area contributed by atoms with Gasteiger partial charge in [-0.3, -0.25) is 4.57 Å². The van der Waals surface area contributed by atoms with E-state index in [4.69, 9.17) is 9.05 Å². The average Bonchev–Trinajstić information content (AvgIpc) is 2.36. The smallest absolute Gasteiger partial charge is 0.302 e. The molecule has 2 aromatic carbocycles. The number of rotatable bonds is 5. The van der Waals surface area contributed by atoms with Crippen LogP contribution in [0.5, 0.6) is 0 Å². The molecule has 0 aliphatic heterocycles. The molecule has 2 rings (SSSR count). The molecule has 0 aliphatic carbocycles. The largest absolute Gasteiger partial charge is 0.362 e. The third-order valence-corrected chi connectivity index (χ3v) is 5.62. The van der Waals surface area contributed by atoms with Gasteiger partial charge >= 0.3 is 7.60 Å². The summed E-state index contributed by atoms with van der Waals surface area (Å²) in [6.07, 6.45) is -0.346. The fraction of sp³-hybridized carbons (Fsp3) is 0.412. The molecule has 114 valence electrons. The second-order valence-corrected chi connectivity index (χ2v) is 7.62. The summed E-state index contributed by atoms with van der Waals surface area (Å²) in [5.41, 5.74) is 0.929. The summed E-state index contributed by atoms with van der Waals surface area (Å²) in [7, 11) is -3.37. The predicted octanol–water partition coefficient (Wildman–Crippen LogP) is 4.82. The molecule has 0 amide bonds. The Morgan fingerprint density at radius 1 is 0.905 bits per heavy atom. The molecular formula is C17H23O3P. The van der Waals surface area contributed by atoms with E-state index in [1.165, 1.54) is 0 Å². The first-order valence-electron chi connectivity index (χ1n) is 7.29. The molecule has 3 nitrogen and oxygen atoms in total. The van der Waals surface area contributed by atoms with Crippen molar-refractivity contribution >= 4 is 23.7 Å². The summed E-state index contributed by atoms with van der Waals surface area (Å²) in [4.78, 5) is 0. The molecule has 0 heterocycles. The Hall–Kier alpha value is -1.15. The number of hydrogen-bond acceptors (Lipinski definition) is 3. The van der Waals surface area contributed by atoms with Gasteiger partial charge in [-0.25, -0.2) is 0 Å². The van der Waals surface area contributed by atoms with Crippen LogP contribution in [0.25, 0.3) is 10.8 Å². The second-order valence-electron chi connectivity index (χ2n) is 5.76. The van der Waals surface area contributed by atoms with Crippen LogP contribution in [-0.4, -0.2) is 12.2 Å². The summed E-state index contributed by atoms with van der Waals surface area (Å²) in [5, 5.41) is 2.66. The van der Waals surface area contributed by atoms with Crippen molar-refractivity contribution in [3.63, 3.8) is 0 Å². The van der Waals surface area contributed by atoms with Crippen molar-refractivity contribution in [1.29, 1.82) is 0 Å². The summed E-state index contributed by atoms with van der Waals surface area (Å²) in [6.45, 7) is 9.43. The Bertz CT molecular complexity index is 663. The van der Waals surface area contributed by atoms with Gasteiger partial charge in [0.2, 0.25) is 0 Å². The van der Waals surface area contributed by atoms with E-state index in [1.807, 2.05) is 71.0 Å². The molecule has 0 atom stereocenters. The van der Waals surface area contributed by atoms with E-state index in [1.54, 1.807) is 0 Å². The molecule has 0 bridgehead atoms. The lowest BCUT2D eigenvalue weighted by Crippen LogP contribution is -2.19. The average molecular weight is 306 g/mol. The zero-order valence-electron chi connectivity index (χ0n) is 13.3. The van der Waals surface area contributed by atoms with Crippen molar-refractivity contribution in [1.82, 2.24) is 0 Å². The van der Waals surface area contributed by atoms with Crippen LogP contribution in [0.2, 0.25) is 0 Å². The zero-order valence-corrected chi connectivity index (χ0v) is 14.2. The van der Waals surface area contributed by atoms with Crippen LogP contribution >= 0.6 is 7.60 Å². The SMILES string of the molecule is Cc1ccc2ccccc2c1P(=O)(OC(C)C)OC(C)C. The van der Waals surface area contributed by atoms with Gasteiger partial charge in [0.1, 0.15) is 0 Å². The molecule has 0 saturated carbocycles. The van der Waals surface area contributed by atoms with Crippen LogP contribution < -0.4 is 5.30 Å². The van der Waals surface area contributed by atoms with Crippen LogP contribution in [0.15, 0.2) is 36.4 Å². The molecule has 0 spiro atoms. The third-order valence-electron chi connectivity index (χ3n) is 3.08. The Morgan fingerprint density at radius 3 is 2.05 bits per heavy atom. The lowest BCUT2D eigenvalue weighted by Gasteiger charge is -2.25. The Kier molecular flexibility index (Phi) is 4.88.